The molecule has 0 radical (unpaired) electrons. The van der Waals surface area contributed by atoms with E-state index in [1.807, 2.05) is 25.1 Å². The summed E-state index contributed by atoms with van der Waals surface area (Å²) >= 11 is 0. The first-order valence-electron chi connectivity index (χ1n) is 8.61. The van der Waals surface area contributed by atoms with Crippen LogP contribution in [-0.4, -0.2) is 33.7 Å². The quantitative estimate of drug-likeness (QED) is 0.751. The maximum absolute atomic E-state index is 12.5. The smallest absolute Gasteiger partial charge is 0.263 e. The van der Waals surface area contributed by atoms with Crippen LogP contribution in [0.15, 0.2) is 47.7 Å². The van der Waals surface area contributed by atoms with Crippen molar-refractivity contribution in [2.45, 2.75) is 19.5 Å². The molecule has 0 spiro atoms. The number of fused-ring (bicyclic) bond motifs is 2. The number of pyridine rings is 1. The van der Waals surface area contributed by atoms with Gasteiger partial charge in [-0.3, -0.25) is 14.2 Å². The van der Waals surface area contributed by atoms with Crippen LogP contribution in [0, 0.1) is 0 Å². The van der Waals surface area contributed by atoms with Gasteiger partial charge in [-0.15, -0.1) is 0 Å². The van der Waals surface area contributed by atoms with Crippen LogP contribution in [0.25, 0.3) is 11.0 Å². The Balaban J connectivity index is 1.48. The number of hydrogen-bond acceptors (Lipinski definition) is 6. The first-order chi connectivity index (χ1) is 13.1. The molecule has 1 N–H and O–H groups in total. The maximum Gasteiger partial charge on any atom is 0.263 e. The number of amides is 1. The van der Waals surface area contributed by atoms with Gasteiger partial charge in [0.2, 0.25) is 5.91 Å². The molecule has 0 saturated carbocycles. The summed E-state index contributed by atoms with van der Waals surface area (Å²) in [4.78, 5) is 33.0. The Morgan fingerprint density at radius 3 is 2.89 bits per heavy atom. The third-order valence-corrected chi connectivity index (χ3v) is 4.36. The van der Waals surface area contributed by atoms with Crippen molar-refractivity contribution in [3.05, 3.63) is 58.8 Å². The van der Waals surface area contributed by atoms with Gasteiger partial charge in [0.15, 0.2) is 17.1 Å². The van der Waals surface area contributed by atoms with E-state index in [4.69, 9.17) is 9.47 Å². The van der Waals surface area contributed by atoms with Crippen molar-refractivity contribution in [3.63, 3.8) is 0 Å². The molecule has 4 rings (SSSR count). The number of nitrogens with zero attached hydrogens (tertiary/aromatic N) is 3. The summed E-state index contributed by atoms with van der Waals surface area (Å²) in [6.45, 7) is 2.78. The third-order valence-electron chi connectivity index (χ3n) is 4.36. The monoisotopic (exact) mass is 366 g/mol. The van der Waals surface area contributed by atoms with Crippen LogP contribution in [0.3, 0.4) is 0 Å². The topological polar surface area (TPSA) is 95.3 Å². The first kappa shape index (κ1) is 17.0. The lowest BCUT2D eigenvalue weighted by molar-refractivity contribution is -0.122. The minimum Gasteiger partial charge on any atom is -0.486 e. The van der Waals surface area contributed by atoms with Crippen LogP contribution in [0.4, 0.5) is 0 Å². The first-order valence-corrected chi connectivity index (χ1v) is 8.61. The Morgan fingerprint density at radius 2 is 2.04 bits per heavy atom. The zero-order valence-corrected chi connectivity index (χ0v) is 14.7. The Hall–Kier alpha value is -3.42. The van der Waals surface area contributed by atoms with E-state index in [1.165, 1.54) is 10.9 Å². The lowest BCUT2D eigenvalue weighted by Gasteiger charge is -2.21. The summed E-state index contributed by atoms with van der Waals surface area (Å²) in [5, 5.41) is 3.27. The van der Waals surface area contributed by atoms with Gasteiger partial charge in [0.1, 0.15) is 26.1 Å². The predicted octanol–water partition coefficient (Wildman–Crippen LogP) is 1.44. The average Bonchev–Trinajstić information content (AvgIpc) is 2.70. The number of benzene rings is 1. The molecule has 2 aromatic heterocycles. The van der Waals surface area contributed by atoms with Gasteiger partial charge < -0.3 is 14.8 Å². The largest absolute Gasteiger partial charge is 0.486 e. The van der Waals surface area contributed by atoms with Crippen molar-refractivity contribution in [2.24, 2.45) is 0 Å². The fourth-order valence-corrected chi connectivity index (χ4v) is 2.97. The summed E-state index contributed by atoms with van der Waals surface area (Å²) in [6.07, 6.45) is 2.91. The van der Waals surface area contributed by atoms with E-state index < -0.39 is 0 Å². The van der Waals surface area contributed by atoms with E-state index in [1.54, 1.807) is 18.3 Å². The summed E-state index contributed by atoms with van der Waals surface area (Å²) < 4.78 is 12.4. The lowest BCUT2D eigenvalue weighted by Crippen LogP contribution is -2.34. The second-order valence-corrected chi connectivity index (χ2v) is 6.24. The highest BCUT2D eigenvalue weighted by atomic mass is 16.6. The van der Waals surface area contributed by atoms with Crippen molar-refractivity contribution in [1.82, 2.24) is 19.9 Å². The highest BCUT2D eigenvalue weighted by molar-refractivity contribution is 5.77. The molecule has 27 heavy (non-hydrogen) atoms. The molecule has 1 aliphatic heterocycles. The molecule has 1 aromatic carbocycles. The van der Waals surface area contributed by atoms with Crippen molar-refractivity contribution in [2.75, 3.05) is 13.2 Å². The number of nitrogens with one attached hydrogen (secondary N) is 1. The average molecular weight is 366 g/mol. The molecule has 0 aliphatic carbocycles. The van der Waals surface area contributed by atoms with E-state index in [0.717, 1.165) is 5.56 Å². The lowest BCUT2D eigenvalue weighted by atomic mass is 10.1. The Bertz CT molecular complexity index is 1060. The molecule has 1 atom stereocenters. The maximum atomic E-state index is 12.5. The van der Waals surface area contributed by atoms with Crippen LogP contribution in [0.5, 0.6) is 11.5 Å². The van der Waals surface area contributed by atoms with E-state index in [2.05, 4.69) is 15.3 Å². The SMILES string of the molecule is CC(NC(=O)Cn1cnc2ncccc2c1=O)c1ccc2c(c1)OCCO2. The van der Waals surface area contributed by atoms with Crippen LogP contribution in [-0.2, 0) is 11.3 Å². The van der Waals surface area contributed by atoms with Gasteiger partial charge in [0.25, 0.3) is 5.56 Å². The summed E-state index contributed by atoms with van der Waals surface area (Å²) in [5.41, 5.74) is 0.958. The van der Waals surface area contributed by atoms with Crippen LogP contribution >= 0.6 is 0 Å². The number of carbonyl (C=O) groups is 1. The summed E-state index contributed by atoms with van der Waals surface area (Å²) in [5.74, 6) is 1.08. The van der Waals surface area contributed by atoms with Crippen LogP contribution in [0.2, 0.25) is 0 Å². The van der Waals surface area contributed by atoms with Gasteiger partial charge in [-0.1, -0.05) is 6.07 Å². The molecule has 8 nitrogen and oxygen atoms in total. The number of carbonyl (C=O) groups excluding carboxylic acids is 1. The van der Waals surface area contributed by atoms with Gasteiger partial charge >= 0.3 is 0 Å². The summed E-state index contributed by atoms with van der Waals surface area (Å²) in [6, 6.07) is 8.63. The molecule has 1 unspecified atom stereocenters. The number of ether oxygens (including phenoxy) is 2. The fourth-order valence-electron chi connectivity index (χ4n) is 2.97. The number of hydrogen-bond donors (Lipinski definition) is 1. The van der Waals surface area contributed by atoms with E-state index in [0.29, 0.717) is 35.7 Å². The summed E-state index contributed by atoms with van der Waals surface area (Å²) in [7, 11) is 0. The molecule has 0 saturated heterocycles. The molecule has 1 aliphatic rings. The number of rotatable bonds is 4. The Kier molecular flexibility index (Phi) is 4.45. The molecule has 3 aromatic rings. The minimum atomic E-state index is -0.296. The molecular weight excluding hydrogens is 348 g/mol. The fraction of sp³-hybridized carbons (Fsp3) is 0.263. The second-order valence-electron chi connectivity index (χ2n) is 6.24. The van der Waals surface area contributed by atoms with Crippen LogP contribution < -0.4 is 20.3 Å². The van der Waals surface area contributed by atoms with Crippen molar-refractivity contribution in [1.29, 1.82) is 0 Å². The second kappa shape index (κ2) is 7.06. The van der Waals surface area contributed by atoms with Gasteiger partial charge in [0, 0.05) is 6.20 Å². The Labute approximate surface area is 154 Å². The van der Waals surface area contributed by atoms with Crippen LogP contribution in [0.1, 0.15) is 18.5 Å². The zero-order chi connectivity index (χ0) is 18.8. The van der Waals surface area contributed by atoms with E-state index >= 15 is 0 Å². The van der Waals surface area contributed by atoms with E-state index in [-0.39, 0.29) is 24.1 Å². The minimum absolute atomic E-state index is 0.119. The zero-order valence-electron chi connectivity index (χ0n) is 14.7. The molecule has 0 bridgehead atoms. The highest BCUT2D eigenvalue weighted by Crippen LogP contribution is 2.32. The van der Waals surface area contributed by atoms with E-state index in [9.17, 15) is 9.59 Å². The molecule has 138 valence electrons. The van der Waals surface area contributed by atoms with Gasteiger partial charge in [-0.05, 0) is 36.8 Å². The van der Waals surface area contributed by atoms with Crippen molar-refractivity contribution < 1.29 is 14.3 Å². The van der Waals surface area contributed by atoms with Gasteiger partial charge in [0.05, 0.1) is 11.4 Å². The molecule has 8 heteroatoms. The molecule has 1 amide bonds. The van der Waals surface area contributed by atoms with Crippen molar-refractivity contribution in [3.8, 4) is 11.5 Å². The Morgan fingerprint density at radius 1 is 1.22 bits per heavy atom. The normalized spacial score (nSPS) is 14.0. The van der Waals surface area contributed by atoms with Gasteiger partial charge in [-0.25, -0.2) is 9.97 Å². The highest BCUT2D eigenvalue weighted by Gasteiger charge is 2.16. The molecule has 0 fully saturated rings. The predicted molar refractivity (Wildman–Crippen MR) is 97.8 cm³/mol. The standard InChI is InChI=1S/C19H18N4O4/c1-12(13-4-5-15-16(9-13)27-8-7-26-15)22-17(24)10-23-11-21-18-14(19(23)25)3-2-6-20-18/h2-6,9,11-12H,7-8,10H2,1H3,(H,22,24). The molecule has 3 heterocycles. The van der Waals surface area contributed by atoms with Crippen molar-refractivity contribution >= 4 is 16.9 Å². The van der Waals surface area contributed by atoms with Gasteiger partial charge in [-0.2, -0.15) is 0 Å². The number of aromatic nitrogens is 3. The molecular formula is C19H18N4O4. The third kappa shape index (κ3) is 3.46.